The Morgan fingerprint density at radius 3 is 3.04 bits per heavy atom. The van der Waals surface area contributed by atoms with Crippen molar-refractivity contribution in [2.24, 2.45) is 7.05 Å². The van der Waals surface area contributed by atoms with Gasteiger partial charge >= 0.3 is 0 Å². The second-order valence-corrected chi connectivity index (χ2v) is 6.32. The maximum atomic E-state index is 13.5. The Balaban J connectivity index is 1.76. The van der Waals surface area contributed by atoms with Gasteiger partial charge in [0.25, 0.3) is 0 Å². The zero-order chi connectivity index (χ0) is 17.3. The molecule has 2 heterocycles. The fourth-order valence-corrected chi connectivity index (χ4v) is 3.30. The van der Waals surface area contributed by atoms with E-state index in [0.29, 0.717) is 17.8 Å². The van der Waals surface area contributed by atoms with Crippen LogP contribution in [0.15, 0.2) is 29.6 Å². The Hall–Kier alpha value is -2.35. The molecule has 126 valence electrons. The molecule has 0 radical (unpaired) electrons. The Kier molecular flexibility index (Phi) is 4.57. The molecule has 0 aliphatic carbocycles. The number of carbonyl (C=O) groups excluding carboxylic acids is 2. The number of amides is 2. The number of fused-ring (bicyclic) bond motifs is 1. The highest BCUT2D eigenvalue weighted by Crippen LogP contribution is 2.32. The molecule has 1 aliphatic heterocycles. The Labute approximate surface area is 142 Å². The number of aromatic nitrogens is 2. The highest BCUT2D eigenvalue weighted by atomic mass is 32.2. The summed E-state index contributed by atoms with van der Waals surface area (Å²) in [7, 11) is 1.87. The van der Waals surface area contributed by atoms with Crippen LogP contribution in [0.1, 0.15) is 23.6 Å². The first-order valence-electron chi connectivity index (χ1n) is 7.41. The number of nitrogens with one attached hydrogen (secondary N) is 2. The standard InChI is InChI=1S/C16H17FN4O2S/c1-21-10(8-19-16(21)24-2)7-18-15(23)12-6-14(22)20-13-4-3-9(17)5-11(12)13/h3-5,8,12H,6-7H2,1-2H3,(H,18,23)(H,20,22)/t12-/m1/s1. The van der Waals surface area contributed by atoms with Crippen molar-refractivity contribution in [1.82, 2.24) is 14.9 Å². The van der Waals surface area contributed by atoms with E-state index in [-0.39, 0.29) is 18.2 Å². The molecule has 1 aromatic heterocycles. The van der Waals surface area contributed by atoms with Crippen molar-refractivity contribution >= 4 is 29.3 Å². The fraction of sp³-hybridized carbons (Fsp3) is 0.312. The molecule has 2 amide bonds. The predicted molar refractivity (Wildman–Crippen MR) is 89.2 cm³/mol. The average Bonchev–Trinajstić information content (AvgIpc) is 2.92. The minimum Gasteiger partial charge on any atom is -0.350 e. The summed E-state index contributed by atoms with van der Waals surface area (Å²) in [6.45, 7) is 0.297. The lowest BCUT2D eigenvalue weighted by Gasteiger charge is -2.24. The van der Waals surface area contributed by atoms with Gasteiger partial charge in [-0.1, -0.05) is 11.8 Å². The van der Waals surface area contributed by atoms with Gasteiger partial charge in [-0.25, -0.2) is 9.37 Å². The fourth-order valence-electron chi connectivity index (χ4n) is 2.75. The van der Waals surface area contributed by atoms with E-state index >= 15 is 0 Å². The lowest BCUT2D eigenvalue weighted by atomic mass is 9.89. The molecule has 0 unspecified atom stereocenters. The third kappa shape index (κ3) is 3.14. The van der Waals surface area contributed by atoms with Crippen LogP contribution in [0.25, 0.3) is 0 Å². The van der Waals surface area contributed by atoms with Crippen molar-refractivity contribution in [2.75, 3.05) is 11.6 Å². The first-order valence-corrected chi connectivity index (χ1v) is 8.63. The number of halogens is 1. The Morgan fingerprint density at radius 2 is 2.33 bits per heavy atom. The summed E-state index contributed by atoms with van der Waals surface area (Å²) in [6, 6.07) is 4.04. The predicted octanol–water partition coefficient (Wildman–Crippen LogP) is 2.02. The summed E-state index contributed by atoms with van der Waals surface area (Å²) in [6.07, 6.45) is 3.63. The highest BCUT2D eigenvalue weighted by molar-refractivity contribution is 7.98. The van der Waals surface area contributed by atoms with Crippen molar-refractivity contribution in [3.05, 3.63) is 41.5 Å². The molecule has 0 spiro atoms. The zero-order valence-corrected chi connectivity index (χ0v) is 14.1. The van der Waals surface area contributed by atoms with Crippen LogP contribution in [-0.2, 0) is 23.2 Å². The van der Waals surface area contributed by atoms with Crippen molar-refractivity contribution in [3.63, 3.8) is 0 Å². The molecular weight excluding hydrogens is 331 g/mol. The second-order valence-electron chi connectivity index (χ2n) is 5.55. The van der Waals surface area contributed by atoms with E-state index in [1.54, 1.807) is 6.20 Å². The molecule has 0 bridgehead atoms. The normalized spacial score (nSPS) is 16.5. The zero-order valence-electron chi connectivity index (χ0n) is 13.3. The van der Waals surface area contributed by atoms with Gasteiger partial charge in [-0.05, 0) is 30.0 Å². The molecule has 2 N–H and O–H groups in total. The van der Waals surface area contributed by atoms with Gasteiger partial charge in [-0.15, -0.1) is 0 Å². The van der Waals surface area contributed by atoms with Crippen molar-refractivity contribution in [3.8, 4) is 0 Å². The van der Waals surface area contributed by atoms with Crippen molar-refractivity contribution < 1.29 is 14.0 Å². The molecule has 0 saturated carbocycles. The molecule has 1 aliphatic rings. The van der Waals surface area contributed by atoms with E-state index in [2.05, 4.69) is 15.6 Å². The summed E-state index contributed by atoms with van der Waals surface area (Å²) < 4.78 is 15.4. The van der Waals surface area contributed by atoms with Gasteiger partial charge in [0.05, 0.1) is 24.4 Å². The highest BCUT2D eigenvalue weighted by Gasteiger charge is 2.31. The molecule has 1 aromatic carbocycles. The lowest BCUT2D eigenvalue weighted by Crippen LogP contribution is -2.35. The quantitative estimate of drug-likeness (QED) is 0.829. The largest absolute Gasteiger partial charge is 0.350 e. The van der Waals surface area contributed by atoms with E-state index in [4.69, 9.17) is 0 Å². The van der Waals surface area contributed by atoms with Gasteiger partial charge in [-0.2, -0.15) is 0 Å². The number of anilines is 1. The minimum absolute atomic E-state index is 0.00371. The van der Waals surface area contributed by atoms with Crippen LogP contribution in [0.3, 0.4) is 0 Å². The van der Waals surface area contributed by atoms with Crippen LogP contribution in [0.4, 0.5) is 10.1 Å². The molecule has 2 aromatic rings. The third-order valence-electron chi connectivity index (χ3n) is 4.04. The van der Waals surface area contributed by atoms with Crippen LogP contribution in [0.2, 0.25) is 0 Å². The maximum absolute atomic E-state index is 13.5. The van der Waals surface area contributed by atoms with Gasteiger partial charge in [0.15, 0.2) is 5.16 Å². The number of hydrogen-bond acceptors (Lipinski definition) is 4. The van der Waals surface area contributed by atoms with E-state index in [1.807, 2.05) is 17.9 Å². The van der Waals surface area contributed by atoms with Crippen LogP contribution in [0, 0.1) is 5.82 Å². The topological polar surface area (TPSA) is 76.0 Å². The number of carbonyl (C=O) groups is 2. The minimum atomic E-state index is -0.697. The van der Waals surface area contributed by atoms with Crippen LogP contribution >= 0.6 is 11.8 Å². The summed E-state index contributed by atoms with van der Waals surface area (Å²) in [5.41, 5.74) is 1.84. The molecule has 24 heavy (non-hydrogen) atoms. The molecule has 0 saturated heterocycles. The number of thioether (sulfide) groups is 1. The van der Waals surface area contributed by atoms with Crippen molar-refractivity contribution in [2.45, 2.75) is 24.0 Å². The van der Waals surface area contributed by atoms with Crippen LogP contribution in [-0.4, -0.2) is 27.6 Å². The molecule has 6 nitrogen and oxygen atoms in total. The first-order chi connectivity index (χ1) is 11.5. The van der Waals surface area contributed by atoms with Gasteiger partial charge in [0, 0.05) is 19.2 Å². The molecule has 8 heteroatoms. The SMILES string of the molecule is CSc1ncc(CNC(=O)[C@@H]2CC(=O)Nc3ccc(F)cc32)n1C. The van der Waals surface area contributed by atoms with E-state index in [0.717, 1.165) is 10.9 Å². The lowest BCUT2D eigenvalue weighted by molar-refractivity contribution is -0.126. The molecule has 3 rings (SSSR count). The summed E-state index contributed by atoms with van der Waals surface area (Å²) in [4.78, 5) is 28.6. The summed E-state index contributed by atoms with van der Waals surface area (Å²) in [5, 5.41) is 6.33. The second kappa shape index (κ2) is 6.64. The number of hydrogen-bond donors (Lipinski definition) is 2. The smallest absolute Gasteiger partial charge is 0.228 e. The Morgan fingerprint density at radius 1 is 1.54 bits per heavy atom. The number of benzene rings is 1. The molecule has 1 atom stereocenters. The monoisotopic (exact) mass is 348 g/mol. The third-order valence-corrected chi connectivity index (χ3v) is 4.78. The van der Waals surface area contributed by atoms with Crippen molar-refractivity contribution in [1.29, 1.82) is 0 Å². The first kappa shape index (κ1) is 16.5. The maximum Gasteiger partial charge on any atom is 0.228 e. The van der Waals surface area contributed by atoms with Gasteiger partial charge < -0.3 is 15.2 Å². The van der Waals surface area contributed by atoms with E-state index < -0.39 is 11.7 Å². The Bertz CT molecular complexity index is 805. The number of nitrogens with zero attached hydrogens (tertiary/aromatic N) is 2. The van der Waals surface area contributed by atoms with E-state index in [1.165, 1.54) is 30.0 Å². The van der Waals surface area contributed by atoms with Gasteiger partial charge in [-0.3, -0.25) is 9.59 Å². The number of rotatable bonds is 4. The number of imidazole rings is 1. The average molecular weight is 348 g/mol. The molecular formula is C16H17FN4O2S. The van der Waals surface area contributed by atoms with Gasteiger partial charge in [0.2, 0.25) is 11.8 Å². The van der Waals surface area contributed by atoms with Gasteiger partial charge in [0.1, 0.15) is 5.82 Å². The molecule has 0 fully saturated rings. The summed E-state index contributed by atoms with van der Waals surface area (Å²) in [5.74, 6) is -1.68. The van der Waals surface area contributed by atoms with E-state index in [9.17, 15) is 14.0 Å². The van der Waals surface area contributed by atoms with Crippen LogP contribution < -0.4 is 10.6 Å². The van der Waals surface area contributed by atoms with Crippen LogP contribution in [0.5, 0.6) is 0 Å². The summed E-state index contributed by atoms with van der Waals surface area (Å²) >= 11 is 1.52.